The molecule has 1 atom stereocenters. The summed E-state index contributed by atoms with van der Waals surface area (Å²) in [7, 11) is 0. The van der Waals surface area contributed by atoms with Crippen LogP contribution in [0.5, 0.6) is 5.75 Å². The molecule has 3 rings (SSSR count). The van der Waals surface area contributed by atoms with Gasteiger partial charge in [-0.05, 0) is 42.8 Å². The smallest absolute Gasteiger partial charge is 0.251 e. The summed E-state index contributed by atoms with van der Waals surface area (Å²) >= 11 is 6.05. The Morgan fingerprint density at radius 2 is 1.72 bits per heavy atom. The molecule has 0 saturated heterocycles. The normalized spacial score (nSPS) is 11.7. The summed E-state index contributed by atoms with van der Waals surface area (Å²) in [5.74, 6) is 0.0201. The molecule has 3 aromatic rings. The van der Waals surface area contributed by atoms with Crippen molar-refractivity contribution < 1.29 is 14.3 Å². The minimum absolute atomic E-state index is 0.0216. The predicted octanol–water partition coefficient (Wildman–Crippen LogP) is 4.75. The number of carbonyl (C=O) groups is 2. The maximum Gasteiger partial charge on any atom is 0.251 e. The first-order valence-corrected chi connectivity index (χ1v) is 10.6. The average molecular weight is 450 g/mol. The van der Waals surface area contributed by atoms with Crippen molar-refractivity contribution >= 4 is 29.6 Å². The van der Waals surface area contributed by atoms with Crippen LogP contribution in [0.3, 0.4) is 0 Å². The van der Waals surface area contributed by atoms with E-state index in [1.807, 2.05) is 43.3 Å². The zero-order valence-electron chi connectivity index (χ0n) is 17.6. The molecule has 7 heteroatoms. The van der Waals surface area contributed by atoms with Crippen molar-refractivity contribution in [3.63, 3.8) is 0 Å². The van der Waals surface area contributed by atoms with Crippen molar-refractivity contribution in [1.29, 1.82) is 0 Å². The number of nitrogens with zero attached hydrogens (tertiary/aromatic N) is 1. The number of ether oxygens (including phenoxy) is 1. The molecule has 0 saturated carbocycles. The molecule has 0 heterocycles. The lowest BCUT2D eigenvalue weighted by molar-refractivity contribution is -0.121. The van der Waals surface area contributed by atoms with Crippen LogP contribution in [0.2, 0.25) is 5.02 Å². The highest BCUT2D eigenvalue weighted by Crippen LogP contribution is 2.21. The predicted molar refractivity (Wildman–Crippen MR) is 126 cm³/mol. The highest BCUT2D eigenvalue weighted by atomic mass is 35.5. The van der Waals surface area contributed by atoms with Gasteiger partial charge in [-0.3, -0.25) is 9.59 Å². The van der Waals surface area contributed by atoms with Gasteiger partial charge in [0, 0.05) is 16.1 Å². The number of amides is 2. The standard InChI is InChI=1S/C25H24ClN3O3/c1-2-32-23-14-13-21(26)15-20(23)17-27-29-24(30)16-22(18-9-5-3-6-10-18)28-25(31)19-11-7-4-8-12-19/h3-15,17,22H,2,16H2,1H3,(H,28,31)(H,29,30)/b27-17-/t22-/m0/s1. The molecule has 0 unspecified atom stereocenters. The minimum atomic E-state index is -0.510. The van der Waals surface area contributed by atoms with Crippen LogP contribution in [0.15, 0.2) is 84.0 Å². The summed E-state index contributed by atoms with van der Waals surface area (Å²) in [6.07, 6.45) is 1.50. The molecule has 6 nitrogen and oxygen atoms in total. The van der Waals surface area contributed by atoms with Gasteiger partial charge < -0.3 is 10.1 Å². The summed E-state index contributed by atoms with van der Waals surface area (Å²) < 4.78 is 5.55. The highest BCUT2D eigenvalue weighted by Gasteiger charge is 2.19. The van der Waals surface area contributed by atoms with E-state index in [2.05, 4.69) is 15.8 Å². The Bertz CT molecular complexity index is 1070. The van der Waals surface area contributed by atoms with Crippen molar-refractivity contribution in [2.45, 2.75) is 19.4 Å². The van der Waals surface area contributed by atoms with E-state index in [0.717, 1.165) is 5.56 Å². The van der Waals surface area contributed by atoms with Crippen molar-refractivity contribution in [3.8, 4) is 5.75 Å². The number of carbonyl (C=O) groups excluding carboxylic acids is 2. The third-order valence-electron chi connectivity index (χ3n) is 4.60. The molecule has 0 radical (unpaired) electrons. The van der Waals surface area contributed by atoms with Crippen LogP contribution < -0.4 is 15.5 Å². The maximum absolute atomic E-state index is 12.6. The lowest BCUT2D eigenvalue weighted by Crippen LogP contribution is -2.32. The quantitative estimate of drug-likeness (QED) is 0.365. The van der Waals surface area contributed by atoms with Crippen LogP contribution in [0.1, 0.15) is 40.9 Å². The van der Waals surface area contributed by atoms with Gasteiger partial charge in [-0.2, -0.15) is 5.10 Å². The fraction of sp³-hybridized carbons (Fsp3) is 0.160. The molecule has 0 aromatic heterocycles. The maximum atomic E-state index is 12.6. The second-order valence-corrected chi connectivity index (χ2v) is 7.35. The van der Waals surface area contributed by atoms with E-state index in [4.69, 9.17) is 16.3 Å². The van der Waals surface area contributed by atoms with Gasteiger partial charge in [0.15, 0.2) is 0 Å². The van der Waals surface area contributed by atoms with Gasteiger partial charge in [0.1, 0.15) is 5.75 Å². The molecule has 3 aromatic carbocycles. The molecule has 2 amide bonds. The first kappa shape index (κ1) is 23.0. The molecule has 0 aliphatic carbocycles. The molecule has 0 fully saturated rings. The first-order valence-electron chi connectivity index (χ1n) is 10.2. The third-order valence-corrected chi connectivity index (χ3v) is 4.83. The number of halogens is 1. The Kier molecular flexibility index (Phi) is 8.40. The molecule has 0 aliphatic heterocycles. The van der Waals surface area contributed by atoms with E-state index in [9.17, 15) is 9.59 Å². The van der Waals surface area contributed by atoms with Crippen molar-refractivity contribution in [3.05, 3.63) is 101 Å². The van der Waals surface area contributed by atoms with Crippen LogP contribution >= 0.6 is 11.6 Å². The van der Waals surface area contributed by atoms with Crippen molar-refractivity contribution in [2.75, 3.05) is 6.61 Å². The summed E-state index contributed by atoms with van der Waals surface area (Å²) in [4.78, 5) is 25.2. The Morgan fingerprint density at radius 3 is 2.41 bits per heavy atom. The fourth-order valence-corrected chi connectivity index (χ4v) is 3.26. The summed E-state index contributed by atoms with van der Waals surface area (Å²) in [6, 6.07) is 22.9. The molecule has 0 bridgehead atoms. The Labute approximate surface area is 192 Å². The van der Waals surface area contributed by atoms with Crippen LogP contribution in [-0.4, -0.2) is 24.6 Å². The number of nitrogens with one attached hydrogen (secondary N) is 2. The number of hydrogen-bond donors (Lipinski definition) is 2. The summed E-state index contributed by atoms with van der Waals surface area (Å²) in [5.41, 5.74) is 4.51. The summed E-state index contributed by atoms with van der Waals surface area (Å²) in [5, 5.41) is 7.50. The van der Waals surface area contributed by atoms with Crippen LogP contribution in [-0.2, 0) is 4.79 Å². The van der Waals surface area contributed by atoms with Gasteiger partial charge in [0.25, 0.3) is 5.91 Å². The van der Waals surface area contributed by atoms with Gasteiger partial charge >= 0.3 is 0 Å². The van der Waals surface area contributed by atoms with Crippen molar-refractivity contribution in [1.82, 2.24) is 10.7 Å². The van der Waals surface area contributed by atoms with E-state index in [0.29, 0.717) is 28.5 Å². The van der Waals surface area contributed by atoms with Crippen molar-refractivity contribution in [2.24, 2.45) is 5.10 Å². The molecular weight excluding hydrogens is 426 g/mol. The molecule has 32 heavy (non-hydrogen) atoms. The largest absolute Gasteiger partial charge is 0.493 e. The zero-order chi connectivity index (χ0) is 22.8. The van der Waals surface area contributed by atoms with Gasteiger partial charge in [0.2, 0.25) is 5.91 Å². The molecular formula is C25H24ClN3O3. The van der Waals surface area contributed by atoms with Crippen LogP contribution in [0.25, 0.3) is 0 Å². The van der Waals surface area contributed by atoms with Gasteiger partial charge in [-0.1, -0.05) is 60.1 Å². The first-order chi connectivity index (χ1) is 15.6. The van der Waals surface area contributed by atoms with Gasteiger partial charge in [0.05, 0.1) is 25.3 Å². The lowest BCUT2D eigenvalue weighted by atomic mass is 10.0. The van der Waals surface area contributed by atoms with E-state index in [1.54, 1.807) is 42.5 Å². The SMILES string of the molecule is CCOc1ccc(Cl)cc1/C=N\NC(=O)C[C@H](NC(=O)c1ccccc1)c1ccccc1. The second-order valence-electron chi connectivity index (χ2n) is 6.92. The monoisotopic (exact) mass is 449 g/mol. The molecule has 2 N–H and O–H groups in total. The topological polar surface area (TPSA) is 79.8 Å². The van der Waals surface area contributed by atoms with E-state index < -0.39 is 6.04 Å². The number of rotatable bonds is 9. The summed E-state index contributed by atoms with van der Waals surface area (Å²) in [6.45, 7) is 2.37. The number of benzene rings is 3. The Balaban J connectivity index is 1.68. The lowest BCUT2D eigenvalue weighted by Gasteiger charge is -2.18. The van der Waals surface area contributed by atoms with Crippen LogP contribution in [0.4, 0.5) is 0 Å². The van der Waals surface area contributed by atoms with E-state index in [1.165, 1.54) is 6.21 Å². The Morgan fingerprint density at radius 1 is 1.03 bits per heavy atom. The number of hydrazone groups is 1. The van der Waals surface area contributed by atoms with E-state index in [-0.39, 0.29) is 18.2 Å². The third kappa shape index (κ3) is 6.68. The number of hydrogen-bond acceptors (Lipinski definition) is 4. The molecule has 0 spiro atoms. The van der Waals surface area contributed by atoms with Gasteiger partial charge in [-0.25, -0.2) is 5.43 Å². The highest BCUT2D eigenvalue weighted by molar-refractivity contribution is 6.30. The zero-order valence-corrected chi connectivity index (χ0v) is 18.4. The van der Waals surface area contributed by atoms with Gasteiger partial charge in [-0.15, -0.1) is 0 Å². The molecule has 164 valence electrons. The Hall–Kier alpha value is -3.64. The second kappa shape index (κ2) is 11.7. The minimum Gasteiger partial charge on any atom is -0.493 e. The average Bonchev–Trinajstić information content (AvgIpc) is 2.81. The fourth-order valence-electron chi connectivity index (χ4n) is 3.08. The van der Waals surface area contributed by atoms with Crippen LogP contribution in [0, 0.1) is 0 Å². The molecule has 0 aliphatic rings. The van der Waals surface area contributed by atoms with E-state index >= 15 is 0 Å².